The summed E-state index contributed by atoms with van der Waals surface area (Å²) in [4.78, 5) is 2.14. The molecule has 0 unspecified atom stereocenters. The van der Waals surface area contributed by atoms with Crippen molar-refractivity contribution in [3.8, 4) is 0 Å². The van der Waals surface area contributed by atoms with E-state index >= 15 is 0 Å². The van der Waals surface area contributed by atoms with Gasteiger partial charge >= 0.3 is 0 Å². The van der Waals surface area contributed by atoms with Crippen molar-refractivity contribution in [2.45, 2.75) is 13.8 Å². The van der Waals surface area contributed by atoms with Crippen LogP contribution in [0.4, 0.5) is 11.4 Å². The smallest absolute Gasteiger partial charge is 0.177 e. The molecule has 0 atom stereocenters. The number of thiocarbonyl (C=S) groups is 1. The van der Waals surface area contributed by atoms with E-state index in [-0.39, 0.29) is 0 Å². The van der Waals surface area contributed by atoms with Crippen molar-refractivity contribution in [1.82, 2.24) is 0 Å². The van der Waals surface area contributed by atoms with Gasteiger partial charge in [0, 0.05) is 17.6 Å². The number of benzene rings is 3. The molecule has 0 aliphatic heterocycles. The molecule has 3 rings (SSSR count). The minimum absolute atomic E-state index is 0.721. The van der Waals surface area contributed by atoms with Crippen LogP contribution in [-0.2, 0) is 0 Å². The highest BCUT2D eigenvalue weighted by molar-refractivity contribution is 7.80. The fourth-order valence-electron chi connectivity index (χ4n) is 2.76. The highest BCUT2D eigenvalue weighted by atomic mass is 32.1. The van der Waals surface area contributed by atoms with Gasteiger partial charge in [-0.05, 0) is 49.1 Å². The fourth-order valence-corrected chi connectivity index (χ4v) is 3.10. The second-order valence-corrected chi connectivity index (χ2v) is 5.87. The van der Waals surface area contributed by atoms with Gasteiger partial charge in [-0.15, -0.1) is 0 Å². The van der Waals surface area contributed by atoms with Gasteiger partial charge in [0.15, 0.2) is 5.11 Å². The van der Waals surface area contributed by atoms with Crippen LogP contribution < -0.4 is 10.2 Å². The van der Waals surface area contributed by atoms with E-state index in [1.165, 1.54) is 16.3 Å². The first-order chi connectivity index (χ1) is 11.2. The molecule has 0 aliphatic rings. The fraction of sp³-hybridized carbons (Fsp3) is 0.150. The van der Waals surface area contributed by atoms with E-state index in [4.69, 9.17) is 12.2 Å². The molecular weight excluding hydrogens is 300 g/mol. The largest absolute Gasteiger partial charge is 0.332 e. The van der Waals surface area contributed by atoms with Crippen molar-refractivity contribution in [2.24, 2.45) is 0 Å². The first-order valence-electron chi connectivity index (χ1n) is 7.82. The van der Waals surface area contributed by atoms with Gasteiger partial charge in [-0.1, -0.05) is 54.6 Å². The molecule has 0 heterocycles. The molecule has 0 saturated heterocycles. The number of rotatable bonds is 3. The molecule has 0 fully saturated rings. The lowest BCUT2D eigenvalue weighted by atomic mass is 10.1. The van der Waals surface area contributed by atoms with E-state index in [9.17, 15) is 0 Å². The van der Waals surface area contributed by atoms with Crippen LogP contribution in [0, 0.1) is 6.92 Å². The molecule has 0 aromatic heterocycles. The van der Waals surface area contributed by atoms with E-state index in [1.807, 2.05) is 12.1 Å². The number of fused-ring (bicyclic) bond motifs is 1. The lowest BCUT2D eigenvalue weighted by Crippen LogP contribution is -2.34. The molecule has 3 aromatic carbocycles. The monoisotopic (exact) mass is 320 g/mol. The Hall–Kier alpha value is -2.39. The predicted molar refractivity (Wildman–Crippen MR) is 104 cm³/mol. The second-order valence-electron chi connectivity index (χ2n) is 5.49. The lowest BCUT2D eigenvalue weighted by molar-refractivity contribution is 1.07. The van der Waals surface area contributed by atoms with E-state index in [0.717, 1.165) is 23.0 Å². The topological polar surface area (TPSA) is 15.3 Å². The minimum atomic E-state index is 0.721. The number of para-hydroxylation sites is 1. The van der Waals surface area contributed by atoms with Crippen LogP contribution in [0.15, 0.2) is 66.7 Å². The molecule has 23 heavy (non-hydrogen) atoms. The van der Waals surface area contributed by atoms with Crippen molar-refractivity contribution in [3.63, 3.8) is 0 Å². The third-order valence-electron chi connectivity index (χ3n) is 4.01. The molecule has 116 valence electrons. The molecule has 0 aliphatic carbocycles. The molecule has 1 N–H and O–H groups in total. The lowest BCUT2D eigenvalue weighted by Gasteiger charge is -2.26. The van der Waals surface area contributed by atoms with Gasteiger partial charge in [0.1, 0.15) is 0 Å². The van der Waals surface area contributed by atoms with Crippen LogP contribution in [0.5, 0.6) is 0 Å². The maximum absolute atomic E-state index is 5.68. The van der Waals surface area contributed by atoms with E-state index in [1.54, 1.807) is 0 Å². The number of anilines is 2. The van der Waals surface area contributed by atoms with Gasteiger partial charge in [-0.3, -0.25) is 0 Å². The molecular formula is C20H20N2S. The number of nitrogens with zero attached hydrogens (tertiary/aromatic N) is 1. The number of aryl methyl sites for hydroxylation is 1. The molecule has 0 radical (unpaired) electrons. The van der Waals surface area contributed by atoms with Gasteiger partial charge in [0.25, 0.3) is 0 Å². The predicted octanol–water partition coefficient (Wildman–Crippen LogP) is 5.37. The summed E-state index contributed by atoms with van der Waals surface area (Å²) in [5.41, 5.74) is 3.37. The summed E-state index contributed by atoms with van der Waals surface area (Å²) in [7, 11) is 0. The Kier molecular flexibility index (Phi) is 4.58. The summed E-state index contributed by atoms with van der Waals surface area (Å²) >= 11 is 5.68. The van der Waals surface area contributed by atoms with Gasteiger partial charge in [0.05, 0.1) is 5.69 Å². The van der Waals surface area contributed by atoms with Crippen LogP contribution in [0.3, 0.4) is 0 Å². The van der Waals surface area contributed by atoms with Gasteiger partial charge < -0.3 is 10.2 Å². The Balaban J connectivity index is 1.95. The van der Waals surface area contributed by atoms with E-state index in [0.29, 0.717) is 0 Å². The maximum Gasteiger partial charge on any atom is 0.177 e. The second kappa shape index (κ2) is 6.80. The van der Waals surface area contributed by atoms with Crippen LogP contribution in [0.25, 0.3) is 10.8 Å². The zero-order valence-corrected chi connectivity index (χ0v) is 14.2. The number of hydrogen-bond donors (Lipinski definition) is 1. The number of hydrogen-bond acceptors (Lipinski definition) is 1. The normalized spacial score (nSPS) is 10.5. The first kappa shape index (κ1) is 15.5. The molecule has 0 bridgehead atoms. The molecule has 3 heteroatoms. The van der Waals surface area contributed by atoms with Crippen LogP contribution in [0.2, 0.25) is 0 Å². The number of nitrogens with one attached hydrogen (secondary N) is 1. The standard InChI is InChI=1S/C20H20N2S/c1-3-22(20(23)21-18-13-7-4-9-15(18)2)19-14-8-11-16-10-5-6-12-17(16)19/h4-14H,3H2,1-2H3,(H,21,23). The third kappa shape index (κ3) is 3.20. The Bertz CT molecular complexity index is 836. The summed E-state index contributed by atoms with van der Waals surface area (Å²) in [6.45, 7) is 5.01. The van der Waals surface area contributed by atoms with E-state index in [2.05, 4.69) is 78.7 Å². The van der Waals surface area contributed by atoms with Crippen LogP contribution in [0.1, 0.15) is 12.5 Å². The maximum atomic E-state index is 5.68. The van der Waals surface area contributed by atoms with Gasteiger partial charge in [-0.2, -0.15) is 0 Å². The van der Waals surface area contributed by atoms with Crippen LogP contribution >= 0.6 is 12.2 Å². The van der Waals surface area contributed by atoms with Gasteiger partial charge in [-0.25, -0.2) is 0 Å². The minimum Gasteiger partial charge on any atom is -0.332 e. The molecule has 2 nitrogen and oxygen atoms in total. The third-order valence-corrected chi connectivity index (χ3v) is 4.33. The average Bonchev–Trinajstić information content (AvgIpc) is 2.58. The van der Waals surface area contributed by atoms with Crippen molar-refractivity contribution >= 4 is 39.5 Å². The molecule has 0 spiro atoms. The van der Waals surface area contributed by atoms with Crippen molar-refractivity contribution in [3.05, 3.63) is 72.3 Å². The molecule has 3 aromatic rings. The summed E-state index contributed by atoms with van der Waals surface area (Å²) in [6, 6.07) is 22.9. The zero-order chi connectivity index (χ0) is 16.2. The summed E-state index contributed by atoms with van der Waals surface area (Å²) in [6.07, 6.45) is 0. The Morgan fingerprint density at radius 1 is 0.957 bits per heavy atom. The zero-order valence-electron chi connectivity index (χ0n) is 13.4. The Morgan fingerprint density at radius 3 is 2.43 bits per heavy atom. The van der Waals surface area contributed by atoms with E-state index < -0.39 is 0 Å². The van der Waals surface area contributed by atoms with Crippen molar-refractivity contribution in [1.29, 1.82) is 0 Å². The molecule has 0 amide bonds. The SMILES string of the molecule is CCN(C(=S)Nc1ccccc1C)c1cccc2ccccc12. The van der Waals surface area contributed by atoms with Crippen molar-refractivity contribution in [2.75, 3.05) is 16.8 Å². The van der Waals surface area contributed by atoms with Crippen molar-refractivity contribution < 1.29 is 0 Å². The first-order valence-corrected chi connectivity index (χ1v) is 8.23. The van der Waals surface area contributed by atoms with Gasteiger partial charge in [0.2, 0.25) is 0 Å². The Labute approximate surface area is 142 Å². The average molecular weight is 320 g/mol. The Morgan fingerprint density at radius 2 is 1.65 bits per heavy atom. The highest BCUT2D eigenvalue weighted by Crippen LogP contribution is 2.27. The van der Waals surface area contributed by atoms with Crippen LogP contribution in [-0.4, -0.2) is 11.7 Å². The summed E-state index contributed by atoms with van der Waals surface area (Å²) < 4.78 is 0. The summed E-state index contributed by atoms with van der Waals surface area (Å²) in [5, 5.41) is 6.54. The highest BCUT2D eigenvalue weighted by Gasteiger charge is 2.13. The molecule has 0 saturated carbocycles. The quantitative estimate of drug-likeness (QED) is 0.653. The summed E-state index contributed by atoms with van der Waals surface area (Å²) in [5.74, 6) is 0.